The lowest BCUT2D eigenvalue weighted by Gasteiger charge is -2.41. The van der Waals surface area contributed by atoms with Crippen molar-refractivity contribution >= 4 is 17.7 Å². The molecule has 4 rings (SSSR count). The summed E-state index contributed by atoms with van der Waals surface area (Å²) in [5.74, 6) is 2.98. The third-order valence-corrected chi connectivity index (χ3v) is 7.29. The normalized spacial score (nSPS) is 24.4. The molecule has 0 spiro atoms. The highest BCUT2D eigenvalue weighted by Crippen LogP contribution is 2.45. The van der Waals surface area contributed by atoms with Crippen molar-refractivity contribution in [2.24, 2.45) is 0 Å². The average Bonchev–Trinajstić information content (AvgIpc) is 3.14. The summed E-state index contributed by atoms with van der Waals surface area (Å²) in [6.45, 7) is 6.10. The maximum Gasteiger partial charge on any atom is 0.233 e. The smallest absolute Gasteiger partial charge is 0.233 e. The van der Waals surface area contributed by atoms with E-state index in [1.807, 2.05) is 13.8 Å². The van der Waals surface area contributed by atoms with Crippen LogP contribution < -0.4 is 0 Å². The summed E-state index contributed by atoms with van der Waals surface area (Å²) in [6.07, 6.45) is 4.64. The van der Waals surface area contributed by atoms with E-state index in [9.17, 15) is 4.79 Å². The predicted molar refractivity (Wildman–Crippen MR) is 109 cm³/mol. The van der Waals surface area contributed by atoms with Crippen LogP contribution in [0.5, 0.6) is 0 Å². The van der Waals surface area contributed by atoms with E-state index < -0.39 is 0 Å². The van der Waals surface area contributed by atoms with Crippen molar-refractivity contribution in [2.45, 2.75) is 70.2 Å². The van der Waals surface area contributed by atoms with Gasteiger partial charge < -0.3 is 9.42 Å². The van der Waals surface area contributed by atoms with Crippen molar-refractivity contribution in [3.05, 3.63) is 52.4 Å². The molecule has 3 unspecified atom stereocenters. The maximum absolute atomic E-state index is 13.1. The molecule has 4 nitrogen and oxygen atoms in total. The number of rotatable bonds is 5. The summed E-state index contributed by atoms with van der Waals surface area (Å²) in [6, 6.07) is 9.51. The Morgan fingerprint density at radius 3 is 2.70 bits per heavy atom. The van der Waals surface area contributed by atoms with Crippen molar-refractivity contribution < 1.29 is 9.32 Å². The number of benzene rings is 1. The number of hydrogen-bond acceptors (Lipinski definition) is 4. The number of aryl methyl sites for hydroxylation is 3. The Labute approximate surface area is 165 Å². The van der Waals surface area contributed by atoms with Gasteiger partial charge in [-0.15, -0.1) is 11.8 Å². The molecule has 2 aliphatic heterocycles. The third kappa shape index (κ3) is 3.54. The van der Waals surface area contributed by atoms with Gasteiger partial charge in [-0.05, 0) is 57.6 Å². The molecule has 2 aromatic rings. The largest absolute Gasteiger partial charge is 0.361 e. The minimum absolute atomic E-state index is 0.303. The summed E-state index contributed by atoms with van der Waals surface area (Å²) < 4.78 is 5.23. The SMILES string of the molecule is Cc1ccccc1C1CCC2CCC1N2C(=O)CSCc1c(C)noc1C. The van der Waals surface area contributed by atoms with Crippen LogP contribution in [0.2, 0.25) is 0 Å². The Morgan fingerprint density at radius 1 is 1.19 bits per heavy atom. The molecule has 2 saturated heterocycles. The van der Waals surface area contributed by atoms with Gasteiger partial charge in [0.05, 0.1) is 11.4 Å². The summed E-state index contributed by atoms with van der Waals surface area (Å²) in [5.41, 5.74) is 4.86. The van der Waals surface area contributed by atoms with Crippen LogP contribution in [0.4, 0.5) is 0 Å². The molecule has 0 aliphatic carbocycles. The maximum atomic E-state index is 13.1. The van der Waals surface area contributed by atoms with E-state index in [2.05, 4.69) is 41.2 Å². The second kappa shape index (κ2) is 7.70. The Hall–Kier alpha value is -1.75. The van der Waals surface area contributed by atoms with E-state index >= 15 is 0 Å². The standard InChI is InChI=1S/C22H28N2O2S/c1-14-6-4-5-7-18(14)19-10-8-17-9-11-21(19)24(17)22(25)13-27-12-20-15(2)23-26-16(20)3/h4-7,17,19,21H,8-13H2,1-3H3. The Kier molecular flexibility index (Phi) is 5.31. The van der Waals surface area contributed by atoms with Gasteiger partial charge in [0.2, 0.25) is 5.91 Å². The fourth-order valence-electron chi connectivity index (χ4n) is 4.93. The first-order valence-electron chi connectivity index (χ1n) is 9.92. The molecule has 27 heavy (non-hydrogen) atoms. The van der Waals surface area contributed by atoms with Crippen molar-refractivity contribution in [2.75, 3.05) is 5.75 Å². The van der Waals surface area contributed by atoms with Crippen molar-refractivity contribution in [3.8, 4) is 0 Å². The Bertz CT molecular complexity index is 812. The average molecular weight is 385 g/mol. The van der Waals surface area contributed by atoms with Gasteiger partial charge in [0, 0.05) is 29.3 Å². The molecule has 2 aliphatic rings. The lowest BCUT2D eigenvalue weighted by atomic mass is 9.82. The molecule has 1 aromatic carbocycles. The molecule has 1 amide bonds. The van der Waals surface area contributed by atoms with Gasteiger partial charge in [0.15, 0.2) is 0 Å². The van der Waals surface area contributed by atoms with Crippen molar-refractivity contribution in [3.63, 3.8) is 0 Å². The monoisotopic (exact) mass is 384 g/mol. The summed E-state index contributed by atoms with van der Waals surface area (Å²) >= 11 is 1.68. The van der Waals surface area contributed by atoms with E-state index in [1.165, 1.54) is 17.5 Å². The van der Waals surface area contributed by atoms with E-state index in [1.54, 1.807) is 11.8 Å². The van der Waals surface area contributed by atoms with Crippen LogP contribution in [-0.4, -0.2) is 33.8 Å². The highest BCUT2D eigenvalue weighted by molar-refractivity contribution is 7.99. The van der Waals surface area contributed by atoms with Crippen LogP contribution in [0.25, 0.3) is 0 Å². The molecule has 2 fully saturated rings. The van der Waals surface area contributed by atoms with E-state index in [-0.39, 0.29) is 0 Å². The molecule has 144 valence electrons. The molecule has 5 heteroatoms. The molecule has 3 atom stereocenters. The molecular formula is C22H28N2O2S. The number of aromatic nitrogens is 1. The first-order chi connectivity index (χ1) is 13.1. The molecular weight excluding hydrogens is 356 g/mol. The molecule has 3 heterocycles. The number of carbonyl (C=O) groups excluding carboxylic acids is 1. The topological polar surface area (TPSA) is 46.3 Å². The van der Waals surface area contributed by atoms with E-state index in [0.717, 1.165) is 42.0 Å². The third-order valence-electron chi connectivity index (χ3n) is 6.35. The zero-order valence-electron chi connectivity index (χ0n) is 16.4. The molecule has 0 N–H and O–H groups in total. The van der Waals surface area contributed by atoms with Gasteiger partial charge in [-0.2, -0.15) is 0 Å². The number of carbonyl (C=O) groups is 1. The fourth-order valence-corrected chi connectivity index (χ4v) is 5.97. The van der Waals surface area contributed by atoms with Gasteiger partial charge in [0.1, 0.15) is 5.76 Å². The van der Waals surface area contributed by atoms with Crippen LogP contribution in [0.3, 0.4) is 0 Å². The zero-order chi connectivity index (χ0) is 19.0. The quantitative estimate of drug-likeness (QED) is 0.745. The highest BCUT2D eigenvalue weighted by Gasteiger charge is 2.45. The lowest BCUT2D eigenvalue weighted by molar-refractivity contribution is -0.133. The summed E-state index contributed by atoms with van der Waals surface area (Å²) in [5, 5.41) is 4.01. The predicted octanol–water partition coefficient (Wildman–Crippen LogP) is 4.77. The minimum Gasteiger partial charge on any atom is -0.361 e. The first-order valence-corrected chi connectivity index (χ1v) is 11.1. The second-order valence-electron chi connectivity index (χ2n) is 7.94. The Morgan fingerprint density at radius 2 is 1.96 bits per heavy atom. The Balaban J connectivity index is 1.43. The zero-order valence-corrected chi connectivity index (χ0v) is 17.2. The first kappa shape index (κ1) is 18.6. The fraction of sp³-hybridized carbons (Fsp3) is 0.545. The lowest BCUT2D eigenvalue weighted by Crippen LogP contribution is -2.48. The van der Waals surface area contributed by atoms with Crippen molar-refractivity contribution in [1.29, 1.82) is 0 Å². The van der Waals surface area contributed by atoms with Gasteiger partial charge in [-0.25, -0.2) is 0 Å². The van der Waals surface area contributed by atoms with Crippen LogP contribution in [-0.2, 0) is 10.5 Å². The van der Waals surface area contributed by atoms with Crippen LogP contribution in [0, 0.1) is 20.8 Å². The molecule has 1 aromatic heterocycles. The van der Waals surface area contributed by atoms with Gasteiger partial charge >= 0.3 is 0 Å². The number of nitrogens with zero attached hydrogens (tertiary/aromatic N) is 2. The molecule has 2 bridgehead atoms. The van der Waals surface area contributed by atoms with Gasteiger partial charge in [-0.1, -0.05) is 29.4 Å². The van der Waals surface area contributed by atoms with E-state index in [0.29, 0.717) is 29.7 Å². The minimum atomic E-state index is 0.303. The van der Waals surface area contributed by atoms with E-state index in [4.69, 9.17) is 4.52 Å². The van der Waals surface area contributed by atoms with Crippen LogP contribution in [0.15, 0.2) is 28.8 Å². The molecule has 0 saturated carbocycles. The van der Waals surface area contributed by atoms with Crippen LogP contribution in [0.1, 0.15) is 59.7 Å². The summed E-state index contributed by atoms with van der Waals surface area (Å²) in [4.78, 5) is 15.3. The number of thioether (sulfide) groups is 1. The number of hydrogen-bond donors (Lipinski definition) is 0. The number of piperidine rings is 1. The number of amides is 1. The van der Waals surface area contributed by atoms with Gasteiger partial charge in [0.25, 0.3) is 0 Å². The highest BCUT2D eigenvalue weighted by atomic mass is 32.2. The summed E-state index contributed by atoms with van der Waals surface area (Å²) in [7, 11) is 0. The van der Waals surface area contributed by atoms with Crippen molar-refractivity contribution in [1.82, 2.24) is 10.1 Å². The second-order valence-corrected chi connectivity index (χ2v) is 8.92. The number of fused-ring (bicyclic) bond motifs is 2. The van der Waals surface area contributed by atoms with Crippen LogP contribution >= 0.6 is 11.8 Å². The van der Waals surface area contributed by atoms with Gasteiger partial charge in [-0.3, -0.25) is 4.79 Å². The molecule has 0 radical (unpaired) electrons.